The number of morpholine rings is 1. The molecule has 0 aromatic heterocycles. The number of rotatable bonds is 3. The van der Waals surface area contributed by atoms with Gasteiger partial charge in [0.05, 0.1) is 25.9 Å². The molecule has 1 aromatic carbocycles. The molecular formula is C14H22N2O2. The Morgan fingerprint density at radius 1 is 1.39 bits per heavy atom. The molecule has 0 saturated carbocycles. The van der Waals surface area contributed by atoms with Crippen LogP contribution in [0.15, 0.2) is 12.1 Å². The molecule has 4 heteroatoms. The van der Waals surface area contributed by atoms with Gasteiger partial charge in [0, 0.05) is 13.1 Å². The quantitative estimate of drug-likeness (QED) is 0.849. The highest BCUT2D eigenvalue weighted by Crippen LogP contribution is 2.28. The number of methoxy groups -OCH3 is 1. The van der Waals surface area contributed by atoms with Crippen molar-refractivity contribution < 1.29 is 9.47 Å². The third-order valence-electron chi connectivity index (χ3n) is 3.43. The minimum Gasteiger partial charge on any atom is -0.496 e. The smallest absolute Gasteiger partial charge is 0.124 e. The molecule has 1 saturated heterocycles. The molecule has 1 aromatic rings. The number of hydrogen-bond acceptors (Lipinski definition) is 4. The van der Waals surface area contributed by atoms with Gasteiger partial charge in [-0.2, -0.15) is 0 Å². The molecule has 0 spiro atoms. The summed E-state index contributed by atoms with van der Waals surface area (Å²) in [6.45, 7) is 6.53. The monoisotopic (exact) mass is 250 g/mol. The Balaban J connectivity index is 2.22. The Kier molecular flexibility index (Phi) is 4.22. The van der Waals surface area contributed by atoms with Crippen LogP contribution in [0, 0.1) is 13.8 Å². The maximum atomic E-state index is 6.29. The Morgan fingerprint density at radius 2 is 2.06 bits per heavy atom. The van der Waals surface area contributed by atoms with Crippen molar-refractivity contribution >= 4 is 0 Å². The molecule has 2 atom stereocenters. The lowest BCUT2D eigenvalue weighted by atomic mass is 9.97. The number of aryl methyl sites for hydroxylation is 2. The number of nitrogens with two attached hydrogens (primary N) is 1. The van der Waals surface area contributed by atoms with Crippen LogP contribution >= 0.6 is 0 Å². The molecule has 0 aliphatic carbocycles. The van der Waals surface area contributed by atoms with E-state index in [4.69, 9.17) is 15.2 Å². The van der Waals surface area contributed by atoms with Crippen LogP contribution in [-0.2, 0) is 4.74 Å². The molecule has 0 radical (unpaired) electrons. The average Bonchev–Trinajstić information content (AvgIpc) is 2.38. The van der Waals surface area contributed by atoms with Crippen molar-refractivity contribution in [3.8, 4) is 5.75 Å². The summed E-state index contributed by atoms with van der Waals surface area (Å²) < 4.78 is 11.1. The fraction of sp³-hybridized carbons (Fsp3) is 0.571. The molecule has 1 aliphatic rings. The zero-order chi connectivity index (χ0) is 13.1. The number of nitrogens with one attached hydrogen (secondary N) is 1. The summed E-state index contributed by atoms with van der Waals surface area (Å²) >= 11 is 0. The van der Waals surface area contributed by atoms with Gasteiger partial charge >= 0.3 is 0 Å². The summed E-state index contributed by atoms with van der Waals surface area (Å²) in [4.78, 5) is 0. The summed E-state index contributed by atoms with van der Waals surface area (Å²) in [6, 6.07) is 4.09. The summed E-state index contributed by atoms with van der Waals surface area (Å²) in [7, 11) is 1.70. The van der Waals surface area contributed by atoms with Crippen LogP contribution < -0.4 is 15.8 Å². The van der Waals surface area contributed by atoms with E-state index in [-0.39, 0.29) is 12.1 Å². The standard InChI is InChI=1S/C14H22N2O2/c1-9-6-11(7-10(2)14(9)17-3)13(15)12-8-16-4-5-18-12/h6-7,12-13,16H,4-5,8,15H2,1-3H3. The second-order valence-corrected chi connectivity index (χ2v) is 4.83. The zero-order valence-electron chi connectivity index (χ0n) is 11.3. The van der Waals surface area contributed by atoms with E-state index in [1.807, 2.05) is 13.8 Å². The van der Waals surface area contributed by atoms with Gasteiger partial charge in [0.15, 0.2) is 0 Å². The summed E-state index contributed by atoms with van der Waals surface area (Å²) in [5.74, 6) is 0.939. The van der Waals surface area contributed by atoms with Gasteiger partial charge in [-0.15, -0.1) is 0 Å². The van der Waals surface area contributed by atoms with E-state index in [9.17, 15) is 0 Å². The third kappa shape index (κ3) is 2.66. The highest BCUT2D eigenvalue weighted by Gasteiger charge is 2.23. The van der Waals surface area contributed by atoms with Crippen LogP contribution in [-0.4, -0.2) is 32.9 Å². The van der Waals surface area contributed by atoms with E-state index < -0.39 is 0 Å². The maximum absolute atomic E-state index is 6.29. The number of ether oxygens (including phenoxy) is 2. The van der Waals surface area contributed by atoms with Crippen LogP contribution in [0.1, 0.15) is 22.7 Å². The maximum Gasteiger partial charge on any atom is 0.124 e. The average molecular weight is 250 g/mol. The topological polar surface area (TPSA) is 56.5 Å². The van der Waals surface area contributed by atoms with Gasteiger partial charge in [-0.05, 0) is 30.5 Å². The van der Waals surface area contributed by atoms with Crippen molar-refractivity contribution in [1.82, 2.24) is 5.32 Å². The highest BCUT2D eigenvalue weighted by atomic mass is 16.5. The lowest BCUT2D eigenvalue weighted by Crippen LogP contribution is -2.44. The van der Waals surface area contributed by atoms with Crippen molar-refractivity contribution in [3.05, 3.63) is 28.8 Å². The van der Waals surface area contributed by atoms with E-state index in [1.54, 1.807) is 7.11 Å². The molecule has 0 amide bonds. The molecule has 1 aliphatic heterocycles. The molecule has 100 valence electrons. The SMILES string of the molecule is COc1c(C)cc(C(N)C2CNCCO2)cc1C. The first-order chi connectivity index (χ1) is 8.63. The Labute approximate surface area is 108 Å². The molecule has 4 nitrogen and oxygen atoms in total. The summed E-state index contributed by atoms with van der Waals surface area (Å²) in [6.07, 6.45) is 0.0472. The third-order valence-corrected chi connectivity index (χ3v) is 3.43. The van der Waals surface area contributed by atoms with E-state index in [2.05, 4.69) is 17.4 Å². The summed E-state index contributed by atoms with van der Waals surface area (Å²) in [5, 5.41) is 3.31. The predicted molar refractivity (Wildman–Crippen MR) is 72.0 cm³/mol. The van der Waals surface area contributed by atoms with Gasteiger partial charge in [0.2, 0.25) is 0 Å². The highest BCUT2D eigenvalue weighted by molar-refractivity contribution is 5.44. The first-order valence-corrected chi connectivity index (χ1v) is 6.36. The molecule has 0 bridgehead atoms. The van der Waals surface area contributed by atoms with Crippen molar-refractivity contribution in [1.29, 1.82) is 0 Å². The Morgan fingerprint density at radius 3 is 2.56 bits per heavy atom. The lowest BCUT2D eigenvalue weighted by Gasteiger charge is -2.29. The minimum absolute atomic E-state index is 0.0472. The normalized spacial score (nSPS) is 21.7. The first kappa shape index (κ1) is 13.3. The van der Waals surface area contributed by atoms with E-state index in [1.165, 1.54) is 0 Å². The van der Waals surface area contributed by atoms with Gasteiger partial charge in [0.25, 0.3) is 0 Å². The van der Waals surface area contributed by atoms with E-state index >= 15 is 0 Å². The van der Waals surface area contributed by atoms with Gasteiger partial charge in [0.1, 0.15) is 5.75 Å². The minimum atomic E-state index is -0.0962. The van der Waals surface area contributed by atoms with Gasteiger partial charge in [-0.3, -0.25) is 0 Å². The molecule has 2 unspecified atom stereocenters. The Hall–Kier alpha value is -1.10. The Bertz CT molecular complexity index is 391. The predicted octanol–water partition coefficient (Wildman–Crippen LogP) is 1.30. The fourth-order valence-electron chi connectivity index (χ4n) is 2.53. The molecule has 3 N–H and O–H groups in total. The van der Waals surface area contributed by atoms with E-state index in [0.717, 1.165) is 42.1 Å². The van der Waals surface area contributed by atoms with Crippen LogP contribution in [0.2, 0.25) is 0 Å². The molecule has 2 rings (SSSR count). The fourth-order valence-corrected chi connectivity index (χ4v) is 2.53. The van der Waals surface area contributed by atoms with Crippen LogP contribution in [0.3, 0.4) is 0 Å². The van der Waals surface area contributed by atoms with Crippen LogP contribution in [0.5, 0.6) is 5.75 Å². The molecule has 1 fully saturated rings. The van der Waals surface area contributed by atoms with Crippen LogP contribution in [0.25, 0.3) is 0 Å². The zero-order valence-corrected chi connectivity index (χ0v) is 11.3. The van der Waals surface area contributed by atoms with Gasteiger partial charge in [-0.25, -0.2) is 0 Å². The lowest BCUT2D eigenvalue weighted by molar-refractivity contribution is 0.0122. The second kappa shape index (κ2) is 5.69. The molecule has 1 heterocycles. The number of benzene rings is 1. The van der Waals surface area contributed by atoms with Crippen molar-refractivity contribution in [2.45, 2.75) is 26.0 Å². The second-order valence-electron chi connectivity index (χ2n) is 4.83. The molecule has 18 heavy (non-hydrogen) atoms. The van der Waals surface area contributed by atoms with Crippen LogP contribution in [0.4, 0.5) is 0 Å². The van der Waals surface area contributed by atoms with Crippen molar-refractivity contribution in [2.75, 3.05) is 26.8 Å². The summed E-state index contributed by atoms with van der Waals surface area (Å²) in [5.41, 5.74) is 9.64. The van der Waals surface area contributed by atoms with Gasteiger partial charge < -0.3 is 20.5 Å². The van der Waals surface area contributed by atoms with Crippen molar-refractivity contribution in [3.63, 3.8) is 0 Å². The largest absolute Gasteiger partial charge is 0.496 e. The molecular weight excluding hydrogens is 228 g/mol. The van der Waals surface area contributed by atoms with Crippen molar-refractivity contribution in [2.24, 2.45) is 5.73 Å². The first-order valence-electron chi connectivity index (χ1n) is 6.36. The number of hydrogen-bond donors (Lipinski definition) is 2. The van der Waals surface area contributed by atoms with Gasteiger partial charge in [-0.1, -0.05) is 12.1 Å². The van der Waals surface area contributed by atoms with E-state index in [0.29, 0.717) is 0 Å².